The van der Waals surface area contributed by atoms with Crippen LogP contribution in [0.5, 0.6) is 0 Å². The first-order chi connectivity index (χ1) is 23.8. The fourth-order valence-corrected chi connectivity index (χ4v) is 6.68. The molecule has 1 saturated heterocycles. The van der Waals surface area contributed by atoms with Crippen molar-refractivity contribution in [2.24, 2.45) is 5.92 Å². The molecular weight excluding hydrogens is 642 g/mol. The zero-order valence-corrected chi connectivity index (χ0v) is 30.7. The number of fused-ring (bicyclic) bond motifs is 1. The van der Waals surface area contributed by atoms with Crippen molar-refractivity contribution in [2.45, 2.75) is 91.0 Å². The SMILES string of the molecule is Cc1cc2cc(C(=O)N3CCN(C(=O)C(NC(=O)C(C)N(C)C(=O)OC(C)(C)C)C4CCCCC4)CC3)ccc2n1CCOCCOCCO. The molecule has 2 aromatic rings. The Hall–Kier alpha value is -3.68. The Morgan fingerprint density at radius 2 is 1.58 bits per heavy atom. The van der Waals surface area contributed by atoms with Gasteiger partial charge in [0.25, 0.3) is 5.91 Å². The van der Waals surface area contributed by atoms with Gasteiger partial charge in [0.1, 0.15) is 17.7 Å². The van der Waals surface area contributed by atoms with Gasteiger partial charge in [0.15, 0.2) is 0 Å². The molecule has 2 fully saturated rings. The molecule has 278 valence electrons. The lowest BCUT2D eigenvalue weighted by atomic mass is 9.83. The summed E-state index contributed by atoms with van der Waals surface area (Å²) >= 11 is 0. The van der Waals surface area contributed by atoms with Gasteiger partial charge in [-0.25, -0.2) is 4.79 Å². The van der Waals surface area contributed by atoms with Gasteiger partial charge in [-0.2, -0.15) is 0 Å². The molecule has 2 atom stereocenters. The number of rotatable bonds is 14. The quantitative estimate of drug-likeness (QED) is 0.285. The number of aliphatic hydroxyl groups excluding tert-OH is 1. The largest absolute Gasteiger partial charge is 0.444 e. The minimum Gasteiger partial charge on any atom is -0.444 e. The molecular formula is C37H57N5O8. The molecule has 4 rings (SSSR count). The number of amides is 4. The third-order valence-corrected chi connectivity index (χ3v) is 9.63. The lowest BCUT2D eigenvalue weighted by molar-refractivity contribution is -0.140. The standard InChI is InChI=1S/C37H57N5O8/c1-26-24-30-25-29(12-13-31(30)42(26)18-20-48-22-23-49-21-19-43)34(45)40-14-16-41(17-15-40)35(46)32(28-10-8-7-9-11-28)38-33(44)27(2)39(6)36(47)50-37(3,4)5/h12-13,24-25,27-28,32,43H,7-11,14-23H2,1-6H3,(H,38,44). The van der Waals surface area contributed by atoms with Crippen LogP contribution in [0.3, 0.4) is 0 Å². The van der Waals surface area contributed by atoms with Crippen molar-refractivity contribution < 1.29 is 38.5 Å². The van der Waals surface area contributed by atoms with Gasteiger partial charge in [0.05, 0.1) is 33.0 Å². The highest BCUT2D eigenvalue weighted by molar-refractivity contribution is 5.98. The van der Waals surface area contributed by atoms with E-state index in [1.165, 1.54) is 11.9 Å². The first kappa shape index (κ1) is 39.1. The third-order valence-electron chi connectivity index (χ3n) is 9.63. The van der Waals surface area contributed by atoms with Crippen molar-refractivity contribution in [2.75, 3.05) is 66.3 Å². The van der Waals surface area contributed by atoms with Crippen LogP contribution >= 0.6 is 0 Å². The molecule has 13 nitrogen and oxygen atoms in total. The van der Waals surface area contributed by atoms with E-state index in [2.05, 4.69) is 16.0 Å². The van der Waals surface area contributed by atoms with Crippen molar-refractivity contribution in [3.63, 3.8) is 0 Å². The Morgan fingerprint density at radius 3 is 2.22 bits per heavy atom. The van der Waals surface area contributed by atoms with Gasteiger partial charge in [-0.3, -0.25) is 19.3 Å². The molecule has 1 aromatic carbocycles. The zero-order chi connectivity index (χ0) is 36.4. The van der Waals surface area contributed by atoms with Crippen LogP contribution in [-0.4, -0.2) is 132 Å². The van der Waals surface area contributed by atoms with E-state index in [1.807, 2.05) is 25.1 Å². The number of carbonyl (C=O) groups is 4. The van der Waals surface area contributed by atoms with Crippen LogP contribution in [0, 0.1) is 12.8 Å². The number of aryl methyl sites for hydroxylation is 1. The molecule has 2 N–H and O–H groups in total. The monoisotopic (exact) mass is 699 g/mol. The second-order valence-corrected chi connectivity index (χ2v) is 14.4. The average molecular weight is 700 g/mol. The molecule has 1 saturated carbocycles. The average Bonchev–Trinajstić information content (AvgIpc) is 3.42. The van der Waals surface area contributed by atoms with Crippen LogP contribution in [-0.2, 0) is 30.3 Å². The molecule has 50 heavy (non-hydrogen) atoms. The Morgan fingerprint density at radius 1 is 0.940 bits per heavy atom. The van der Waals surface area contributed by atoms with E-state index in [0.717, 1.165) is 48.7 Å². The molecule has 1 aliphatic heterocycles. The summed E-state index contributed by atoms with van der Waals surface area (Å²) in [5.41, 5.74) is 2.00. The maximum atomic E-state index is 14.0. The number of likely N-dealkylation sites (N-methyl/N-ethyl adjacent to an activating group) is 1. The van der Waals surface area contributed by atoms with E-state index in [4.69, 9.17) is 19.3 Å². The smallest absolute Gasteiger partial charge is 0.410 e. The number of aromatic nitrogens is 1. The van der Waals surface area contributed by atoms with Crippen LogP contribution in [0.1, 0.15) is 75.9 Å². The number of nitrogens with zero attached hydrogens (tertiary/aromatic N) is 4. The Bertz CT molecular complexity index is 1460. The lowest BCUT2D eigenvalue weighted by Crippen LogP contribution is -2.59. The van der Waals surface area contributed by atoms with Gasteiger partial charge in [-0.05, 0) is 77.6 Å². The van der Waals surface area contributed by atoms with Gasteiger partial charge < -0.3 is 39.0 Å². The maximum absolute atomic E-state index is 14.0. The predicted octanol–water partition coefficient (Wildman–Crippen LogP) is 3.58. The summed E-state index contributed by atoms with van der Waals surface area (Å²) in [7, 11) is 1.52. The maximum Gasteiger partial charge on any atom is 0.410 e. The van der Waals surface area contributed by atoms with Gasteiger partial charge in [-0.1, -0.05) is 19.3 Å². The molecule has 0 spiro atoms. The first-order valence-electron chi connectivity index (χ1n) is 18.0. The molecule has 13 heteroatoms. The van der Waals surface area contributed by atoms with Gasteiger partial charge in [-0.15, -0.1) is 0 Å². The number of piperazine rings is 1. The second kappa shape index (κ2) is 18.0. The normalized spacial score (nSPS) is 17.0. The van der Waals surface area contributed by atoms with Crippen molar-refractivity contribution in [1.29, 1.82) is 0 Å². The molecule has 0 radical (unpaired) electrons. The topological polar surface area (TPSA) is 143 Å². The van der Waals surface area contributed by atoms with Crippen molar-refractivity contribution in [3.05, 3.63) is 35.5 Å². The van der Waals surface area contributed by atoms with Crippen LogP contribution in [0.2, 0.25) is 0 Å². The summed E-state index contributed by atoms with van der Waals surface area (Å²) in [6, 6.07) is 6.29. The van der Waals surface area contributed by atoms with Crippen LogP contribution in [0.25, 0.3) is 10.9 Å². The molecule has 4 amide bonds. The fourth-order valence-electron chi connectivity index (χ4n) is 6.68. The van der Waals surface area contributed by atoms with E-state index >= 15 is 0 Å². The third kappa shape index (κ3) is 10.4. The van der Waals surface area contributed by atoms with E-state index in [1.54, 1.807) is 37.5 Å². The minimum atomic E-state index is -0.826. The summed E-state index contributed by atoms with van der Waals surface area (Å²) < 4.78 is 18.5. The first-order valence-corrected chi connectivity index (χ1v) is 18.0. The number of hydrogen-bond acceptors (Lipinski definition) is 8. The van der Waals surface area contributed by atoms with Crippen LogP contribution in [0.4, 0.5) is 4.79 Å². The number of hydrogen-bond donors (Lipinski definition) is 2. The van der Waals surface area contributed by atoms with E-state index in [-0.39, 0.29) is 24.3 Å². The Labute approximate surface area is 296 Å². The van der Waals surface area contributed by atoms with Gasteiger partial charge >= 0.3 is 6.09 Å². The van der Waals surface area contributed by atoms with Crippen molar-refractivity contribution >= 4 is 34.7 Å². The fraction of sp³-hybridized carbons (Fsp3) is 0.676. The molecule has 1 aliphatic carbocycles. The number of nitrogens with one attached hydrogen (secondary N) is 1. The summed E-state index contributed by atoms with van der Waals surface area (Å²) in [6.45, 7) is 12.9. The van der Waals surface area contributed by atoms with E-state index in [9.17, 15) is 19.2 Å². The second-order valence-electron chi connectivity index (χ2n) is 14.4. The summed E-state index contributed by atoms with van der Waals surface area (Å²) in [5.74, 6) is -0.595. The number of aliphatic hydroxyl groups is 1. The number of ether oxygens (including phenoxy) is 3. The summed E-state index contributed by atoms with van der Waals surface area (Å²) in [5, 5.41) is 12.8. The minimum absolute atomic E-state index is 0.00463. The molecule has 1 aromatic heterocycles. The molecule has 2 heterocycles. The highest BCUT2D eigenvalue weighted by Gasteiger charge is 2.37. The van der Waals surface area contributed by atoms with Crippen molar-refractivity contribution in [3.8, 4) is 0 Å². The van der Waals surface area contributed by atoms with Gasteiger partial charge in [0, 0.05) is 61.9 Å². The Balaban J connectivity index is 1.35. The number of carbonyl (C=O) groups excluding carboxylic acids is 4. The summed E-state index contributed by atoms with van der Waals surface area (Å²) in [6.07, 6.45) is 4.21. The van der Waals surface area contributed by atoms with Crippen molar-refractivity contribution in [1.82, 2.24) is 24.6 Å². The lowest BCUT2D eigenvalue weighted by Gasteiger charge is -2.39. The van der Waals surface area contributed by atoms with E-state index < -0.39 is 29.7 Å². The highest BCUT2D eigenvalue weighted by Crippen LogP contribution is 2.28. The zero-order valence-electron chi connectivity index (χ0n) is 30.7. The summed E-state index contributed by atoms with van der Waals surface area (Å²) in [4.78, 5) is 58.5. The predicted molar refractivity (Wildman–Crippen MR) is 190 cm³/mol. The molecule has 2 unspecified atom stereocenters. The Kier molecular flexibility index (Phi) is 14.1. The number of benzene rings is 1. The van der Waals surface area contributed by atoms with Gasteiger partial charge in [0.2, 0.25) is 11.8 Å². The van der Waals surface area contributed by atoms with Crippen LogP contribution in [0.15, 0.2) is 24.3 Å². The highest BCUT2D eigenvalue weighted by atomic mass is 16.6. The van der Waals surface area contributed by atoms with Crippen LogP contribution < -0.4 is 5.32 Å². The van der Waals surface area contributed by atoms with E-state index in [0.29, 0.717) is 64.7 Å². The molecule has 2 aliphatic rings. The molecule has 0 bridgehead atoms.